The predicted molar refractivity (Wildman–Crippen MR) is 60.0 cm³/mol. The lowest BCUT2D eigenvalue weighted by atomic mass is 9.93. The first-order valence-corrected chi connectivity index (χ1v) is 6.49. The van der Waals surface area contributed by atoms with E-state index < -0.39 is 0 Å². The molecule has 0 aromatic rings. The third-order valence-electron chi connectivity index (χ3n) is 4.32. The molecule has 3 aliphatic rings. The molecule has 0 aromatic heterocycles. The summed E-state index contributed by atoms with van der Waals surface area (Å²) in [5.74, 6) is 0. The molecule has 2 bridgehead atoms. The van der Waals surface area contributed by atoms with Gasteiger partial charge >= 0.3 is 0 Å². The molecule has 0 radical (unpaired) electrons. The normalized spacial score (nSPS) is 46.2. The van der Waals surface area contributed by atoms with Crippen molar-refractivity contribution in [2.45, 2.75) is 56.9 Å². The molecule has 3 nitrogen and oxygen atoms in total. The Balaban J connectivity index is 1.62. The number of ether oxygens (including phenoxy) is 1. The fourth-order valence-electron chi connectivity index (χ4n) is 3.42. The number of rotatable bonds is 2. The van der Waals surface area contributed by atoms with E-state index in [1.807, 2.05) is 0 Å². The molecule has 3 heterocycles. The Morgan fingerprint density at radius 2 is 2.33 bits per heavy atom. The molecule has 0 aromatic carbocycles. The maximum Gasteiger partial charge on any atom is 0.0735 e. The van der Waals surface area contributed by atoms with Crippen molar-refractivity contribution in [3.63, 3.8) is 0 Å². The molecular formula is C12H22N2O. The van der Waals surface area contributed by atoms with Crippen LogP contribution in [0.1, 0.15) is 32.6 Å². The molecule has 1 N–H and O–H groups in total. The second-order valence-electron chi connectivity index (χ2n) is 5.23. The SMILES string of the molecule is CCC1CN(C2CC3CCC2O3)CCN1. The Bertz CT molecular complexity index is 234. The molecule has 3 heteroatoms. The zero-order valence-electron chi connectivity index (χ0n) is 9.61. The molecule has 3 saturated heterocycles. The lowest BCUT2D eigenvalue weighted by Crippen LogP contribution is -2.55. The number of fused-ring (bicyclic) bond motifs is 2. The monoisotopic (exact) mass is 210 g/mol. The van der Waals surface area contributed by atoms with Crippen LogP contribution >= 0.6 is 0 Å². The number of nitrogens with one attached hydrogen (secondary N) is 1. The molecule has 4 unspecified atom stereocenters. The van der Waals surface area contributed by atoms with Crippen molar-refractivity contribution >= 4 is 0 Å². The molecule has 4 atom stereocenters. The van der Waals surface area contributed by atoms with Gasteiger partial charge in [0.15, 0.2) is 0 Å². The van der Waals surface area contributed by atoms with Gasteiger partial charge in [-0.2, -0.15) is 0 Å². The summed E-state index contributed by atoms with van der Waals surface area (Å²) in [7, 11) is 0. The third-order valence-corrected chi connectivity index (χ3v) is 4.32. The van der Waals surface area contributed by atoms with Crippen LogP contribution < -0.4 is 5.32 Å². The fraction of sp³-hybridized carbons (Fsp3) is 1.00. The third kappa shape index (κ3) is 1.81. The number of hydrogen-bond donors (Lipinski definition) is 1. The summed E-state index contributed by atoms with van der Waals surface area (Å²) < 4.78 is 5.94. The van der Waals surface area contributed by atoms with E-state index in [0.29, 0.717) is 18.2 Å². The largest absolute Gasteiger partial charge is 0.373 e. The van der Waals surface area contributed by atoms with Gasteiger partial charge in [-0.1, -0.05) is 6.92 Å². The Morgan fingerprint density at radius 1 is 1.40 bits per heavy atom. The molecule has 0 aliphatic carbocycles. The van der Waals surface area contributed by atoms with E-state index in [1.54, 1.807) is 0 Å². The van der Waals surface area contributed by atoms with Crippen LogP contribution in [0.5, 0.6) is 0 Å². The smallest absolute Gasteiger partial charge is 0.0735 e. The van der Waals surface area contributed by atoms with Crippen molar-refractivity contribution in [2.75, 3.05) is 19.6 Å². The quantitative estimate of drug-likeness (QED) is 0.735. The minimum Gasteiger partial charge on any atom is -0.373 e. The highest BCUT2D eigenvalue weighted by atomic mass is 16.5. The van der Waals surface area contributed by atoms with Crippen molar-refractivity contribution < 1.29 is 4.74 Å². The summed E-state index contributed by atoms with van der Waals surface area (Å²) in [6.07, 6.45) is 6.31. The zero-order chi connectivity index (χ0) is 10.3. The highest BCUT2D eigenvalue weighted by Crippen LogP contribution is 2.37. The van der Waals surface area contributed by atoms with Gasteiger partial charge in [-0.05, 0) is 25.7 Å². The molecule has 3 rings (SSSR count). The van der Waals surface area contributed by atoms with Crippen LogP contribution in [0.3, 0.4) is 0 Å². The van der Waals surface area contributed by atoms with Crippen LogP contribution in [-0.2, 0) is 4.74 Å². The van der Waals surface area contributed by atoms with Gasteiger partial charge in [0.05, 0.1) is 12.2 Å². The van der Waals surface area contributed by atoms with Crippen molar-refractivity contribution in [1.82, 2.24) is 10.2 Å². The predicted octanol–water partition coefficient (Wildman–Crippen LogP) is 0.990. The van der Waals surface area contributed by atoms with Crippen molar-refractivity contribution in [2.24, 2.45) is 0 Å². The summed E-state index contributed by atoms with van der Waals surface area (Å²) in [6.45, 7) is 5.88. The van der Waals surface area contributed by atoms with Crippen molar-refractivity contribution in [1.29, 1.82) is 0 Å². The summed E-state index contributed by atoms with van der Waals surface area (Å²) in [4.78, 5) is 2.68. The van der Waals surface area contributed by atoms with E-state index in [1.165, 1.54) is 38.8 Å². The average Bonchev–Trinajstić information content (AvgIpc) is 2.91. The van der Waals surface area contributed by atoms with Crippen LogP contribution in [0.4, 0.5) is 0 Å². The molecular weight excluding hydrogens is 188 g/mol. The van der Waals surface area contributed by atoms with Gasteiger partial charge in [0.25, 0.3) is 0 Å². The Morgan fingerprint density at radius 3 is 3.00 bits per heavy atom. The first-order chi connectivity index (χ1) is 7.36. The Hall–Kier alpha value is -0.120. The van der Waals surface area contributed by atoms with E-state index in [0.717, 1.165) is 12.6 Å². The summed E-state index contributed by atoms with van der Waals surface area (Å²) >= 11 is 0. The lowest BCUT2D eigenvalue weighted by Gasteiger charge is -2.39. The van der Waals surface area contributed by atoms with Crippen molar-refractivity contribution in [3.05, 3.63) is 0 Å². The Kier molecular flexibility index (Phi) is 2.71. The minimum absolute atomic E-state index is 0.561. The lowest BCUT2D eigenvalue weighted by molar-refractivity contribution is 0.0580. The van der Waals surface area contributed by atoms with E-state index in [2.05, 4.69) is 17.1 Å². The molecule has 0 saturated carbocycles. The number of piperazine rings is 1. The van der Waals surface area contributed by atoms with Gasteiger partial charge in [0, 0.05) is 31.7 Å². The molecule has 0 amide bonds. The van der Waals surface area contributed by atoms with Crippen LogP contribution in [0, 0.1) is 0 Å². The van der Waals surface area contributed by atoms with Gasteiger partial charge in [-0.15, -0.1) is 0 Å². The molecule has 0 spiro atoms. The minimum atomic E-state index is 0.561. The summed E-state index contributed by atoms with van der Waals surface area (Å²) in [5, 5.41) is 3.58. The highest BCUT2D eigenvalue weighted by Gasteiger charge is 2.44. The topological polar surface area (TPSA) is 24.5 Å². The fourth-order valence-corrected chi connectivity index (χ4v) is 3.42. The van der Waals surface area contributed by atoms with E-state index in [4.69, 9.17) is 4.74 Å². The summed E-state index contributed by atoms with van der Waals surface area (Å²) in [5.41, 5.74) is 0. The van der Waals surface area contributed by atoms with Gasteiger partial charge in [-0.25, -0.2) is 0 Å². The number of nitrogens with zero attached hydrogens (tertiary/aromatic N) is 1. The van der Waals surface area contributed by atoms with Crippen molar-refractivity contribution in [3.8, 4) is 0 Å². The molecule has 3 fully saturated rings. The summed E-state index contributed by atoms with van der Waals surface area (Å²) in [6, 6.07) is 1.44. The van der Waals surface area contributed by atoms with Crippen LogP contribution in [0.15, 0.2) is 0 Å². The second kappa shape index (κ2) is 4.04. The molecule has 15 heavy (non-hydrogen) atoms. The number of hydrogen-bond acceptors (Lipinski definition) is 3. The van der Waals surface area contributed by atoms with E-state index >= 15 is 0 Å². The Labute approximate surface area is 92.2 Å². The van der Waals surface area contributed by atoms with Crippen LogP contribution in [0.2, 0.25) is 0 Å². The zero-order valence-corrected chi connectivity index (χ0v) is 9.61. The van der Waals surface area contributed by atoms with Gasteiger partial charge < -0.3 is 10.1 Å². The maximum absolute atomic E-state index is 5.94. The first-order valence-electron chi connectivity index (χ1n) is 6.49. The second-order valence-corrected chi connectivity index (χ2v) is 5.23. The average molecular weight is 210 g/mol. The van der Waals surface area contributed by atoms with Crippen LogP contribution in [-0.4, -0.2) is 48.8 Å². The molecule has 3 aliphatic heterocycles. The van der Waals surface area contributed by atoms with E-state index in [9.17, 15) is 0 Å². The highest BCUT2D eigenvalue weighted by molar-refractivity contribution is 4.97. The van der Waals surface area contributed by atoms with Gasteiger partial charge in [-0.3, -0.25) is 4.90 Å². The first kappa shape index (κ1) is 10.1. The van der Waals surface area contributed by atoms with E-state index in [-0.39, 0.29) is 0 Å². The molecule has 86 valence electrons. The van der Waals surface area contributed by atoms with Crippen LogP contribution in [0.25, 0.3) is 0 Å². The standard InChI is InChI=1S/C12H22N2O/c1-2-9-8-14(6-5-13-9)11-7-10-3-4-12(11)15-10/h9-13H,2-8H2,1H3. The van der Waals surface area contributed by atoms with Gasteiger partial charge in [0.1, 0.15) is 0 Å². The maximum atomic E-state index is 5.94. The van der Waals surface area contributed by atoms with Gasteiger partial charge in [0.2, 0.25) is 0 Å².